The minimum Gasteiger partial charge on any atom is -1.00 e. The zero-order chi connectivity index (χ0) is 23.6. The Labute approximate surface area is 205 Å². The van der Waals surface area contributed by atoms with Crippen LogP contribution in [0.15, 0.2) is 47.3 Å². The second-order valence-corrected chi connectivity index (χ2v) is 8.38. The largest absolute Gasteiger partial charge is 1.00 e. The maximum atomic E-state index is 12.6. The molecule has 0 N–H and O–H groups in total. The van der Waals surface area contributed by atoms with E-state index in [1.54, 1.807) is 32.8 Å². The maximum absolute atomic E-state index is 12.6. The van der Waals surface area contributed by atoms with Gasteiger partial charge in [-0.25, -0.2) is 0 Å². The first-order chi connectivity index (χ1) is 15.6. The van der Waals surface area contributed by atoms with Gasteiger partial charge in [0.1, 0.15) is 5.58 Å². The Hall–Kier alpha value is -1.97. The Kier molecular flexibility index (Phi) is 6.42. The molecule has 0 spiro atoms. The molecular weight excluding hydrogens is 505 g/mol. The molecule has 3 aromatic rings. The molecule has 1 saturated heterocycles. The summed E-state index contributed by atoms with van der Waals surface area (Å²) in [5.74, 6) is 0.0832. The molecule has 31 heavy (non-hydrogen) atoms. The van der Waals surface area contributed by atoms with Gasteiger partial charge in [0.05, 0.1) is 57.6 Å². The molecule has 2 aromatic heterocycles. The number of aromatic nitrogens is 1. The Balaban J connectivity index is 0.00000324. The van der Waals surface area contributed by atoms with Crippen LogP contribution in [-0.4, -0.2) is 74.2 Å². The third kappa shape index (κ3) is 6.05. The summed E-state index contributed by atoms with van der Waals surface area (Å²) in [6.07, 6.45) is 6.14. The van der Waals surface area contributed by atoms with Crippen LogP contribution in [0.4, 0.5) is 0 Å². The van der Waals surface area contributed by atoms with Gasteiger partial charge < -0.3 is 42.5 Å². The number of carbonyl (C=O) groups excluding carboxylic acids is 1. The fourth-order valence-corrected chi connectivity index (χ4v) is 3.70. The molecule has 1 aromatic carbocycles. The second-order valence-electron chi connectivity index (χ2n) is 8.38. The fraction of sp³-hybridized carbons (Fsp3) is 0.417. The number of halogens is 1. The normalized spacial score (nSPS) is 16.3. The van der Waals surface area contributed by atoms with Crippen LogP contribution in [-0.2, 0) is 22.4 Å². The number of carbonyl (C=O) groups is 1. The molecule has 166 valence electrons. The average molecular weight is 541 g/mol. The van der Waals surface area contributed by atoms with Crippen LogP contribution < -0.4 is 24.0 Å². The number of rotatable bonds is 6. The molecule has 0 atom stereocenters. The van der Waals surface area contributed by atoms with Gasteiger partial charge in [0, 0.05) is 48.4 Å². The van der Waals surface area contributed by atoms with Gasteiger partial charge in [-0.1, -0.05) is 6.07 Å². The van der Waals surface area contributed by atoms with E-state index < -0.39 is 6.98 Å². The van der Waals surface area contributed by atoms with Gasteiger partial charge in [-0.15, -0.1) is 0 Å². The maximum Gasteiger partial charge on any atom is 0.227 e. The highest BCUT2D eigenvalue weighted by atomic mass is 127. The molecule has 1 fully saturated rings. The number of pyridine rings is 1. The Morgan fingerprint density at radius 3 is 2.77 bits per heavy atom. The number of ether oxygens (including phenoxy) is 1. The summed E-state index contributed by atoms with van der Waals surface area (Å²) >= 11 is 0. The highest BCUT2D eigenvalue weighted by Crippen LogP contribution is 2.28. The molecule has 0 bridgehead atoms. The third-order valence-electron chi connectivity index (χ3n) is 5.44. The van der Waals surface area contributed by atoms with Crippen molar-refractivity contribution in [3.8, 4) is 11.1 Å². The summed E-state index contributed by atoms with van der Waals surface area (Å²) in [5.41, 5.74) is 4.51. The van der Waals surface area contributed by atoms with E-state index in [2.05, 4.69) is 4.98 Å². The van der Waals surface area contributed by atoms with Gasteiger partial charge >= 0.3 is 0 Å². The van der Waals surface area contributed by atoms with Gasteiger partial charge in [-0.2, -0.15) is 0 Å². The number of quaternary nitrogens is 1. The van der Waals surface area contributed by atoms with Crippen molar-refractivity contribution in [2.75, 3.05) is 53.9 Å². The predicted octanol–water partition coefficient (Wildman–Crippen LogP) is 0.149. The molecule has 1 aliphatic rings. The summed E-state index contributed by atoms with van der Waals surface area (Å²) in [6.45, 7) is 0.816. The SMILES string of the molecule is [3H]C([3H])([3H])[N+](C)(C)CCc1coc2ccc(-c3cncc(CC(=O)N4CCOCC4)c3)cc12.[I-]. The Morgan fingerprint density at radius 2 is 2.00 bits per heavy atom. The first-order valence-electron chi connectivity index (χ1n) is 11.8. The lowest BCUT2D eigenvalue weighted by molar-refractivity contribution is -0.870. The van der Waals surface area contributed by atoms with Gasteiger partial charge in [-0.05, 0) is 29.3 Å². The van der Waals surface area contributed by atoms with Crippen LogP contribution in [0.3, 0.4) is 0 Å². The molecule has 6 nitrogen and oxygen atoms in total. The molecular formula is C24H30IN3O3. The molecule has 1 aliphatic heterocycles. The van der Waals surface area contributed by atoms with E-state index in [4.69, 9.17) is 13.3 Å². The zero-order valence-corrected chi connectivity index (χ0v) is 20.1. The highest BCUT2D eigenvalue weighted by molar-refractivity contribution is 5.86. The monoisotopic (exact) mass is 541 g/mol. The van der Waals surface area contributed by atoms with Crippen molar-refractivity contribution in [3.63, 3.8) is 0 Å². The van der Waals surface area contributed by atoms with Gasteiger partial charge in [0.25, 0.3) is 0 Å². The van der Waals surface area contributed by atoms with Gasteiger partial charge in [-0.3, -0.25) is 9.78 Å². The van der Waals surface area contributed by atoms with Crippen molar-refractivity contribution in [3.05, 3.63) is 54.0 Å². The first kappa shape index (κ1) is 19.7. The smallest absolute Gasteiger partial charge is 0.227 e. The minimum atomic E-state index is -2.07. The van der Waals surface area contributed by atoms with E-state index >= 15 is 0 Å². The van der Waals surface area contributed by atoms with E-state index in [1.165, 1.54) is 0 Å². The van der Waals surface area contributed by atoms with E-state index in [1.807, 2.05) is 29.2 Å². The van der Waals surface area contributed by atoms with Crippen LogP contribution >= 0.6 is 0 Å². The van der Waals surface area contributed by atoms with Crippen molar-refractivity contribution in [1.82, 2.24) is 9.88 Å². The summed E-state index contributed by atoms with van der Waals surface area (Å²) in [4.78, 5) is 18.8. The summed E-state index contributed by atoms with van der Waals surface area (Å²) in [7, 11) is 3.44. The fourth-order valence-electron chi connectivity index (χ4n) is 3.70. The van der Waals surface area contributed by atoms with Crippen molar-refractivity contribution < 1.29 is 46.5 Å². The molecule has 0 aliphatic carbocycles. The number of furan rings is 1. The number of benzene rings is 1. The lowest BCUT2D eigenvalue weighted by atomic mass is 10.0. The van der Waals surface area contributed by atoms with Crippen molar-refractivity contribution in [2.45, 2.75) is 12.8 Å². The standard InChI is InChI=1S/C24H30N3O3.HI/c1-27(2,3)9-6-20-17-30-23-5-4-19(14-22(20)23)21-12-18(15-25-16-21)13-24(28)26-7-10-29-11-8-26;/h4-5,12,14-17H,6-11,13H2,1-3H3;1H/q+1;/p-1/i1T3;. The van der Waals surface area contributed by atoms with Crippen LogP contribution in [0.2, 0.25) is 0 Å². The first-order valence-corrected chi connectivity index (χ1v) is 10.3. The van der Waals surface area contributed by atoms with Crippen LogP contribution in [0, 0.1) is 0 Å². The Morgan fingerprint density at radius 1 is 1.19 bits per heavy atom. The number of morpholine rings is 1. The van der Waals surface area contributed by atoms with Crippen molar-refractivity contribution in [2.24, 2.45) is 0 Å². The van der Waals surface area contributed by atoms with Gasteiger partial charge in [0.2, 0.25) is 5.91 Å². The number of nitrogens with zero attached hydrogens (tertiary/aromatic N) is 3. The summed E-state index contributed by atoms with van der Waals surface area (Å²) in [5, 5.41) is 0.966. The molecule has 4 rings (SSSR count). The number of hydrogen-bond acceptors (Lipinski definition) is 4. The predicted molar refractivity (Wildman–Crippen MR) is 117 cm³/mol. The summed E-state index contributed by atoms with van der Waals surface area (Å²) in [6, 6.07) is 7.95. The number of fused-ring (bicyclic) bond motifs is 1. The highest BCUT2D eigenvalue weighted by Gasteiger charge is 2.18. The third-order valence-corrected chi connectivity index (χ3v) is 5.44. The van der Waals surface area contributed by atoms with Crippen molar-refractivity contribution >= 4 is 16.9 Å². The topological polar surface area (TPSA) is 55.6 Å². The van der Waals surface area contributed by atoms with Crippen molar-refractivity contribution in [1.29, 1.82) is 0 Å². The summed E-state index contributed by atoms with van der Waals surface area (Å²) < 4.78 is 34.2. The lowest BCUT2D eigenvalue weighted by Crippen LogP contribution is -3.00. The second kappa shape index (κ2) is 10.1. The molecule has 1 amide bonds. The quantitative estimate of drug-likeness (QED) is 0.330. The zero-order valence-electron chi connectivity index (χ0n) is 20.9. The van der Waals surface area contributed by atoms with Crippen LogP contribution in [0.25, 0.3) is 22.1 Å². The van der Waals surface area contributed by atoms with E-state index in [9.17, 15) is 4.79 Å². The number of amides is 1. The van der Waals surface area contributed by atoms with E-state index in [0.29, 0.717) is 45.7 Å². The minimum absolute atomic E-state index is 0. The molecule has 3 heterocycles. The van der Waals surface area contributed by atoms with E-state index in [0.717, 1.165) is 33.2 Å². The molecule has 0 unspecified atom stereocenters. The lowest BCUT2D eigenvalue weighted by Gasteiger charge is -2.26. The molecule has 0 saturated carbocycles. The van der Waals surface area contributed by atoms with Crippen LogP contribution in [0.1, 0.15) is 15.2 Å². The molecule has 7 heteroatoms. The van der Waals surface area contributed by atoms with Crippen LogP contribution in [0.5, 0.6) is 0 Å². The van der Waals surface area contributed by atoms with E-state index in [-0.39, 0.29) is 34.4 Å². The molecule has 0 radical (unpaired) electrons. The number of hydrogen-bond donors (Lipinski definition) is 0. The average Bonchev–Trinajstić information content (AvgIpc) is 3.20. The van der Waals surface area contributed by atoms with Gasteiger partial charge in [0.15, 0.2) is 0 Å². The Bertz CT molecular complexity index is 1140. The number of likely N-dealkylation sites (N-methyl/N-ethyl adjacent to an activating group) is 1.